The van der Waals surface area contributed by atoms with E-state index in [-0.39, 0.29) is 5.91 Å². The van der Waals surface area contributed by atoms with Gasteiger partial charge in [0.15, 0.2) is 5.76 Å². The summed E-state index contributed by atoms with van der Waals surface area (Å²) in [5.74, 6) is 1.60. The van der Waals surface area contributed by atoms with Crippen LogP contribution in [0.1, 0.15) is 21.8 Å². The molecule has 0 spiro atoms. The van der Waals surface area contributed by atoms with Crippen LogP contribution in [-0.2, 0) is 0 Å². The molecule has 1 amide bonds. The Labute approximate surface area is 168 Å². The van der Waals surface area contributed by atoms with Gasteiger partial charge in [-0.3, -0.25) is 4.79 Å². The number of aryl methyl sites for hydroxylation is 1. The van der Waals surface area contributed by atoms with Gasteiger partial charge in [0, 0.05) is 43.6 Å². The number of rotatable bonds is 4. The molecular weight excluding hydrogens is 368 g/mol. The molecule has 0 radical (unpaired) electrons. The summed E-state index contributed by atoms with van der Waals surface area (Å²) in [6.07, 6.45) is 1.51. The van der Waals surface area contributed by atoms with Crippen LogP contribution in [0.25, 0.3) is 0 Å². The van der Waals surface area contributed by atoms with E-state index < -0.39 is 0 Å². The second-order valence-corrected chi connectivity index (χ2v) is 6.76. The van der Waals surface area contributed by atoms with Crippen LogP contribution in [0.3, 0.4) is 0 Å². The van der Waals surface area contributed by atoms with Crippen molar-refractivity contribution in [3.05, 3.63) is 65.7 Å². The third-order valence-corrected chi connectivity index (χ3v) is 4.73. The van der Waals surface area contributed by atoms with Crippen LogP contribution >= 0.6 is 0 Å². The first-order chi connectivity index (χ1) is 14.1. The van der Waals surface area contributed by atoms with Crippen molar-refractivity contribution in [1.29, 1.82) is 5.26 Å². The van der Waals surface area contributed by atoms with Crippen LogP contribution in [-0.4, -0.2) is 47.0 Å². The maximum absolute atomic E-state index is 12.4. The third kappa shape index (κ3) is 4.19. The van der Waals surface area contributed by atoms with Gasteiger partial charge in [-0.25, -0.2) is 4.98 Å². The molecule has 0 bridgehead atoms. The van der Waals surface area contributed by atoms with Crippen LogP contribution < -0.4 is 10.2 Å². The molecular formula is C21H20N6O2. The molecule has 3 aromatic rings. The molecule has 0 aliphatic carbocycles. The normalized spacial score (nSPS) is 13.8. The smallest absolute Gasteiger partial charge is 0.289 e. The van der Waals surface area contributed by atoms with Gasteiger partial charge in [-0.05, 0) is 43.3 Å². The zero-order valence-corrected chi connectivity index (χ0v) is 16.0. The van der Waals surface area contributed by atoms with Gasteiger partial charge in [0.05, 0.1) is 17.9 Å². The van der Waals surface area contributed by atoms with Crippen LogP contribution in [0.5, 0.6) is 0 Å². The summed E-state index contributed by atoms with van der Waals surface area (Å²) in [5.41, 5.74) is 2.26. The first kappa shape index (κ1) is 18.5. The van der Waals surface area contributed by atoms with E-state index in [1.165, 1.54) is 6.26 Å². The fraction of sp³-hybridized carbons (Fsp3) is 0.238. The standard InChI is InChI=1S/C21H20N6O2/c1-15-13-19(25-21(23-15)24-17-6-4-16(14-22)5-7-17)26-8-10-27(11-9-26)20(28)18-3-2-12-29-18/h2-7,12-13H,8-11H2,1H3,(H,23,24,25). The minimum absolute atomic E-state index is 0.0864. The third-order valence-electron chi connectivity index (χ3n) is 4.73. The number of carbonyl (C=O) groups is 1. The second-order valence-electron chi connectivity index (χ2n) is 6.76. The summed E-state index contributed by atoms with van der Waals surface area (Å²) in [5, 5.41) is 12.1. The molecule has 1 fully saturated rings. The second kappa shape index (κ2) is 8.02. The van der Waals surface area contributed by atoms with E-state index in [0.29, 0.717) is 43.5 Å². The molecule has 4 rings (SSSR count). The number of nitriles is 1. The van der Waals surface area contributed by atoms with Gasteiger partial charge in [0.25, 0.3) is 5.91 Å². The van der Waals surface area contributed by atoms with Gasteiger partial charge in [-0.15, -0.1) is 0 Å². The number of nitrogens with one attached hydrogen (secondary N) is 1. The molecule has 29 heavy (non-hydrogen) atoms. The maximum Gasteiger partial charge on any atom is 0.289 e. The fourth-order valence-electron chi connectivity index (χ4n) is 3.22. The highest BCUT2D eigenvalue weighted by Gasteiger charge is 2.24. The number of anilines is 3. The number of carbonyl (C=O) groups excluding carboxylic acids is 1. The van der Waals surface area contributed by atoms with Gasteiger partial charge < -0.3 is 19.5 Å². The summed E-state index contributed by atoms with van der Waals surface area (Å²) < 4.78 is 5.21. The number of nitrogens with zero attached hydrogens (tertiary/aromatic N) is 5. The molecule has 3 heterocycles. The van der Waals surface area contributed by atoms with Crippen LogP contribution in [0.15, 0.2) is 53.1 Å². The molecule has 1 N–H and O–H groups in total. The molecule has 8 heteroatoms. The molecule has 1 aliphatic rings. The average Bonchev–Trinajstić information content (AvgIpc) is 3.28. The zero-order chi connectivity index (χ0) is 20.2. The first-order valence-electron chi connectivity index (χ1n) is 9.33. The number of amides is 1. The minimum Gasteiger partial charge on any atom is -0.459 e. The summed E-state index contributed by atoms with van der Waals surface area (Å²) >= 11 is 0. The highest BCUT2D eigenvalue weighted by atomic mass is 16.3. The van der Waals surface area contributed by atoms with E-state index in [2.05, 4.69) is 26.3 Å². The molecule has 1 saturated heterocycles. The Morgan fingerprint density at radius 3 is 2.55 bits per heavy atom. The van der Waals surface area contributed by atoms with E-state index in [9.17, 15) is 4.79 Å². The number of furan rings is 1. The van der Waals surface area contributed by atoms with Gasteiger partial charge in [-0.1, -0.05) is 0 Å². The van der Waals surface area contributed by atoms with Crippen LogP contribution in [0.2, 0.25) is 0 Å². The SMILES string of the molecule is Cc1cc(N2CCN(C(=O)c3ccco3)CC2)nc(Nc2ccc(C#N)cc2)n1. The highest BCUT2D eigenvalue weighted by Crippen LogP contribution is 2.20. The predicted octanol–water partition coefficient (Wildman–Crippen LogP) is 2.96. The molecule has 146 valence electrons. The molecule has 2 aromatic heterocycles. The number of aromatic nitrogens is 2. The van der Waals surface area contributed by atoms with Gasteiger partial charge in [-0.2, -0.15) is 10.2 Å². The molecule has 0 saturated carbocycles. The lowest BCUT2D eigenvalue weighted by Crippen LogP contribution is -2.49. The summed E-state index contributed by atoms with van der Waals surface area (Å²) in [7, 11) is 0. The van der Waals surface area contributed by atoms with Crippen molar-refractivity contribution >= 4 is 23.4 Å². The Kier molecular flexibility index (Phi) is 5.12. The lowest BCUT2D eigenvalue weighted by molar-refractivity contribution is 0.0714. The van der Waals surface area contributed by atoms with E-state index in [4.69, 9.17) is 9.68 Å². The topological polar surface area (TPSA) is 98.3 Å². The predicted molar refractivity (Wildman–Crippen MR) is 108 cm³/mol. The van der Waals surface area contributed by atoms with Crippen molar-refractivity contribution in [3.8, 4) is 6.07 Å². The molecule has 8 nitrogen and oxygen atoms in total. The summed E-state index contributed by atoms with van der Waals surface area (Å²) in [6.45, 7) is 4.48. The van der Waals surface area contributed by atoms with E-state index in [1.807, 2.05) is 25.1 Å². The Balaban J connectivity index is 1.44. The fourth-order valence-corrected chi connectivity index (χ4v) is 3.22. The van der Waals surface area contributed by atoms with Crippen molar-refractivity contribution in [2.24, 2.45) is 0 Å². The average molecular weight is 388 g/mol. The lowest BCUT2D eigenvalue weighted by atomic mass is 10.2. The largest absolute Gasteiger partial charge is 0.459 e. The van der Waals surface area contributed by atoms with E-state index in [1.54, 1.807) is 29.2 Å². The quantitative estimate of drug-likeness (QED) is 0.734. The Morgan fingerprint density at radius 1 is 1.14 bits per heavy atom. The van der Waals surface area contributed by atoms with Crippen molar-refractivity contribution < 1.29 is 9.21 Å². The molecule has 0 unspecified atom stereocenters. The number of benzene rings is 1. The minimum atomic E-state index is -0.0864. The maximum atomic E-state index is 12.4. The lowest BCUT2D eigenvalue weighted by Gasteiger charge is -2.35. The number of hydrogen-bond donors (Lipinski definition) is 1. The van der Waals surface area contributed by atoms with Gasteiger partial charge in [0.1, 0.15) is 5.82 Å². The number of hydrogen-bond acceptors (Lipinski definition) is 7. The Morgan fingerprint density at radius 2 is 1.90 bits per heavy atom. The zero-order valence-electron chi connectivity index (χ0n) is 16.0. The molecule has 1 aromatic carbocycles. The summed E-state index contributed by atoms with van der Waals surface area (Å²) in [6, 6.07) is 14.6. The monoisotopic (exact) mass is 388 g/mol. The van der Waals surface area contributed by atoms with Crippen molar-refractivity contribution in [3.63, 3.8) is 0 Å². The van der Waals surface area contributed by atoms with Crippen LogP contribution in [0.4, 0.5) is 17.5 Å². The molecule has 1 aliphatic heterocycles. The van der Waals surface area contributed by atoms with Gasteiger partial charge >= 0.3 is 0 Å². The first-order valence-corrected chi connectivity index (χ1v) is 9.33. The van der Waals surface area contributed by atoms with Crippen LogP contribution in [0, 0.1) is 18.3 Å². The van der Waals surface area contributed by atoms with Gasteiger partial charge in [0.2, 0.25) is 5.95 Å². The number of piperazine rings is 1. The van der Waals surface area contributed by atoms with Crippen molar-refractivity contribution in [2.75, 3.05) is 36.4 Å². The molecule has 0 atom stereocenters. The highest BCUT2D eigenvalue weighted by molar-refractivity contribution is 5.91. The summed E-state index contributed by atoms with van der Waals surface area (Å²) in [4.78, 5) is 25.4. The van der Waals surface area contributed by atoms with E-state index >= 15 is 0 Å². The Hall–Kier alpha value is -3.86. The van der Waals surface area contributed by atoms with E-state index in [0.717, 1.165) is 17.2 Å². The van der Waals surface area contributed by atoms with Crippen molar-refractivity contribution in [2.45, 2.75) is 6.92 Å². The Bertz CT molecular complexity index is 1030. The van der Waals surface area contributed by atoms with Crippen molar-refractivity contribution in [1.82, 2.24) is 14.9 Å².